The van der Waals surface area contributed by atoms with Crippen LogP contribution in [0.4, 0.5) is 0 Å². The molecule has 0 fully saturated rings. The van der Waals surface area contributed by atoms with Gasteiger partial charge < -0.3 is 5.11 Å². The van der Waals surface area contributed by atoms with Gasteiger partial charge in [-0.1, -0.05) is 24.3 Å². The summed E-state index contributed by atoms with van der Waals surface area (Å²) >= 11 is 0. The largest absolute Gasteiger partial charge is 0.478 e. The van der Waals surface area contributed by atoms with Crippen LogP contribution in [-0.2, 0) is 0 Å². The van der Waals surface area contributed by atoms with Crippen molar-refractivity contribution in [1.29, 1.82) is 0 Å². The molecule has 18 heavy (non-hydrogen) atoms. The van der Waals surface area contributed by atoms with Gasteiger partial charge in [0, 0.05) is 17.0 Å². The van der Waals surface area contributed by atoms with Gasteiger partial charge >= 0.3 is 5.97 Å². The van der Waals surface area contributed by atoms with Crippen molar-refractivity contribution in [1.82, 2.24) is 4.40 Å². The Balaban J connectivity index is 2.72. The third kappa shape index (κ3) is 1.32. The van der Waals surface area contributed by atoms with E-state index in [1.165, 1.54) is 4.40 Å². The van der Waals surface area contributed by atoms with Gasteiger partial charge in [-0.15, -0.1) is 0 Å². The molecule has 0 amide bonds. The molecule has 0 saturated carbocycles. The zero-order valence-electron chi connectivity index (χ0n) is 9.33. The molecule has 0 unspecified atom stereocenters. The second kappa shape index (κ2) is 3.70. The highest BCUT2D eigenvalue weighted by Crippen LogP contribution is 2.20. The lowest BCUT2D eigenvalue weighted by atomic mass is 10.0. The summed E-state index contributed by atoms with van der Waals surface area (Å²) < 4.78 is 1.37. The number of carboxylic acids is 1. The summed E-state index contributed by atoms with van der Waals surface area (Å²) in [4.78, 5) is 23.7. The Morgan fingerprint density at radius 3 is 2.39 bits per heavy atom. The Labute approximate surface area is 102 Å². The lowest BCUT2D eigenvalue weighted by Gasteiger charge is -2.08. The van der Waals surface area contributed by atoms with E-state index in [0.29, 0.717) is 16.3 Å². The molecule has 0 atom stereocenters. The normalized spacial score (nSPS) is 10.9. The van der Waals surface area contributed by atoms with Crippen LogP contribution in [0.5, 0.6) is 0 Å². The van der Waals surface area contributed by atoms with Crippen molar-refractivity contribution in [2.45, 2.75) is 0 Å². The highest BCUT2D eigenvalue weighted by molar-refractivity contribution is 6.09. The number of hydrogen-bond donors (Lipinski definition) is 1. The number of nitrogens with zero attached hydrogens (tertiary/aromatic N) is 1. The smallest absolute Gasteiger partial charge is 0.338 e. The van der Waals surface area contributed by atoms with Crippen LogP contribution in [0, 0.1) is 0 Å². The van der Waals surface area contributed by atoms with E-state index in [4.69, 9.17) is 0 Å². The molecule has 3 rings (SSSR count). The van der Waals surface area contributed by atoms with Crippen molar-refractivity contribution in [3.8, 4) is 0 Å². The predicted octanol–water partition coefficient (Wildman–Crippen LogP) is 2.15. The van der Waals surface area contributed by atoms with Gasteiger partial charge in [0.25, 0.3) is 5.56 Å². The van der Waals surface area contributed by atoms with Gasteiger partial charge in [-0.2, -0.15) is 0 Å². The standard InChI is InChI=1S/C14H9NO3/c16-13-10-6-2-1-5-9(10)12(14(17)18)11-7-3-4-8-15(11)13/h1-8H,(H,17,18). The molecular weight excluding hydrogens is 230 g/mol. The van der Waals surface area contributed by atoms with Gasteiger partial charge in [-0.3, -0.25) is 9.20 Å². The number of rotatable bonds is 1. The fraction of sp³-hybridized carbons (Fsp3) is 0. The first-order chi connectivity index (χ1) is 8.70. The molecule has 2 heterocycles. The molecule has 0 bridgehead atoms. The Morgan fingerprint density at radius 1 is 1.00 bits per heavy atom. The molecule has 0 radical (unpaired) electrons. The van der Waals surface area contributed by atoms with Crippen LogP contribution >= 0.6 is 0 Å². The van der Waals surface area contributed by atoms with E-state index < -0.39 is 5.97 Å². The molecule has 0 saturated heterocycles. The van der Waals surface area contributed by atoms with Gasteiger partial charge in [0.15, 0.2) is 0 Å². The minimum absolute atomic E-state index is 0.158. The van der Waals surface area contributed by atoms with Crippen LogP contribution in [0.3, 0.4) is 0 Å². The second-order valence-corrected chi connectivity index (χ2v) is 3.99. The molecule has 0 aliphatic heterocycles. The molecule has 88 valence electrons. The van der Waals surface area contributed by atoms with E-state index in [1.807, 2.05) is 0 Å². The highest BCUT2D eigenvalue weighted by atomic mass is 16.4. The second-order valence-electron chi connectivity index (χ2n) is 3.99. The van der Waals surface area contributed by atoms with E-state index in [0.717, 1.165) is 0 Å². The first kappa shape index (κ1) is 10.5. The molecule has 4 heteroatoms. The van der Waals surface area contributed by atoms with Gasteiger partial charge in [0.05, 0.1) is 11.1 Å². The summed E-state index contributed by atoms with van der Waals surface area (Å²) in [6.45, 7) is 0. The molecule has 0 aliphatic carbocycles. The van der Waals surface area contributed by atoms with Crippen molar-refractivity contribution in [3.63, 3.8) is 0 Å². The van der Waals surface area contributed by atoms with Crippen LogP contribution in [0.25, 0.3) is 16.3 Å². The van der Waals surface area contributed by atoms with E-state index in [9.17, 15) is 14.7 Å². The van der Waals surface area contributed by atoms with Gasteiger partial charge in [0.2, 0.25) is 0 Å². The Hall–Kier alpha value is -2.62. The molecule has 0 spiro atoms. The molecule has 0 aliphatic rings. The van der Waals surface area contributed by atoms with Crippen molar-refractivity contribution in [3.05, 3.63) is 64.6 Å². The molecule has 3 aromatic rings. The lowest BCUT2D eigenvalue weighted by Crippen LogP contribution is -2.17. The number of pyridine rings is 2. The quantitative estimate of drug-likeness (QED) is 0.662. The molecular formula is C14H9NO3. The number of aromatic nitrogens is 1. The monoisotopic (exact) mass is 239 g/mol. The maximum Gasteiger partial charge on any atom is 0.338 e. The number of benzene rings is 1. The summed E-state index contributed by atoms with van der Waals surface area (Å²) in [5.74, 6) is -1.03. The third-order valence-corrected chi connectivity index (χ3v) is 2.98. The summed E-state index contributed by atoms with van der Waals surface area (Å²) in [6, 6.07) is 11.8. The SMILES string of the molecule is O=C(O)c1c2ccccc2c(=O)n2ccccc12. The predicted molar refractivity (Wildman–Crippen MR) is 68.1 cm³/mol. The Morgan fingerprint density at radius 2 is 1.67 bits per heavy atom. The van der Waals surface area contributed by atoms with Crippen molar-refractivity contribution in [2.24, 2.45) is 0 Å². The first-order valence-electron chi connectivity index (χ1n) is 5.45. The molecule has 2 aromatic heterocycles. The maximum atomic E-state index is 12.2. The number of carbonyl (C=O) groups is 1. The molecule has 1 N–H and O–H groups in total. The average Bonchev–Trinajstić information content (AvgIpc) is 2.39. The van der Waals surface area contributed by atoms with Gasteiger partial charge in [0.1, 0.15) is 0 Å². The van der Waals surface area contributed by atoms with Crippen LogP contribution in [0.2, 0.25) is 0 Å². The van der Waals surface area contributed by atoms with E-state index in [-0.39, 0.29) is 11.1 Å². The van der Waals surface area contributed by atoms with Crippen molar-refractivity contribution in [2.75, 3.05) is 0 Å². The fourth-order valence-corrected chi connectivity index (χ4v) is 2.20. The first-order valence-corrected chi connectivity index (χ1v) is 5.45. The van der Waals surface area contributed by atoms with Gasteiger partial charge in [-0.05, 0) is 18.2 Å². The zero-order valence-corrected chi connectivity index (χ0v) is 9.33. The van der Waals surface area contributed by atoms with E-state index in [1.54, 1.807) is 48.7 Å². The Kier molecular flexibility index (Phi) is 2.16. The van der Waals surface area contributed by atoms with E-state index >= 15 is 0 Å². The van der Waals surface area contributed by atoms with Crippen LogP contribution in [-0.4, -0.2) is 15.5 Å². The average molecular weight is 239 g/mol. The van der Waals surface area contributed by atoms with Crippen LogP contribution < -0.4 is 5.56 Å². The number of aromatic carboxylic acids is 1. The van der Waals surface area contributed by atoms with Crippen LogP contribution in [0.15, 0.2) is 53.5 Å². The highest BCUT2D eigenvalue weighted by Gasteiger charge is 2.15. The van der Waals surface area contributed by atoms with Gasteiger partial charge in [-0.25, -0.2) is 4.79 Å². The summed E-state index contributed by atoms with van der Waals surface area (Å²) in [7, 11) is 0. The molecule has 4 nitrogen and oxygen atoms in total. The summed E-state index contributed by atoms with van der Waals surface area (Å²) in [5.41, 5.74) is 0.366. The lowest BCUT2D eigenvalue weighted by molar-refractivity contribution is 0.0700. The summed E-state index contributed by atoms with van der Waals surface area (Å²) in [5, 5.41) is 10.2. The fourth-order valence-electron chi connectivity index (χ4n) is 2.20. The number of hydrogen-bond acceptors (Lipinski definition) is 2. The van der Waals surface area contributed by atoms with Crippen LogP contribution in [0.1, 0.15) is 10.4 Å². The van der Waals surface area contributed by atoms with Crippen molar-refractivity contribution >= 4 is 22.3 Å². The molecule has 1 aromatic carbocycles. The summed E-state index contributed by atoms with van der Waals surface area (Å²) in [6.07, 6.45) is 1.58. The number of fused-ring (bicyclic) bond motifs is 2. The van der Waals surface area contributed by atoms with Crippen molar-refractivity contribution < 1.29 is 9.90 Å². The zero-order chi connectivity index (χ0) is 12.7. The number of carboxylic acid groups (broad SMARTS) is 1. The van der Waals surface area contributed by atoms with E-state index in [2.05, 4.69) is 0 Å². The third-order valence-electron chi connectivity index (χ3n) is 2.98. The minimum atomic E-state index is -1.03. The topological polar surface area (TPSA) is 58.8 Å². The maximum absolute atomic E-state index is 12.2. The minimum Gasteiger partial charge on any atom is -0.478 e. The Bertz CT molecular complexity index is 773.